The predicted molar refractivity (Wildman–Crippen MR) is 65.7 cm³/mol. The van der Waals surface area contributed by atoms with Crippen LogP contribution in [0.4, 0.5) is 0 Å². The Morgan fingerprint density at radius 2 is 2.00 bits per heavy atom. The fourth-order valence-electron chi connectivity index (χ4n) is 2.20. The highest BCUT2D eigenvalue weighted by atomic mass is 16.7. The first-order chi connectivity index (χ1) is 8.73. The number of pyridine rings is 1. The average Bonchev–Trinajstić information content (AvgIpc) is 2.85. The van der Waals surface area contributed by atoms with Crippen LogP contribution in [0.3, 0.4) is 0 Å². The van der Waals surface area contributed by atoms with E-state index in [2.05, 4.69) is 11.1 Å². The molecule has 0 spiro atoms. The number of aromatic nitrogens is 1. The van der Waals surface area contributed by atoms with Crippen molar-refractivity contribution in [2.45, 2.75) is 12.7 Å². The second-order valence-corrected chi connectivity index (χ2v) is 4.33. The predicted octanol–water partition coefficient (Wildman–Crippen LogP) is 2.33. The maximum Gasteiger partial charge on any atom is 0.210 e. The molecule has 2 heterocycles. The molecule has 1 aromatic heterocycles. The van der Waals surface area contributed by atoms with Crippen molar-refractivity contribution in [2.24, 2.45) is 0 Å². The number of nitrogens with zero attached hydrogens (tertiary/aromatic N) is 2. The number of hydrogen-bond acceptors (Lipinski definition) is 4. The summed E-state index contributed by atoms with van der Waals surface area (Å²) in [6.07, 6.45) is 0. The highest BCUT2D eigenvalue weighted by Crippen LogP contribution is 2.33. The molecule has 0 unspecified atom stereocenters. The van der Waals surface area contributed by atoms with Crippen molar-refractivity contribution < 1.29 is 9.47 Å². The van der Waals surface area contributed by atoms with E-state index in [0.717, 1.165) is 10.9 Å². The first-order valence-corrected chi connectivity index (χ1v) is 5.81. The second kappa shape index (κ2) is 4.05. The van der Waals surface area contributed by atoms with Crippen LogP contribution in [0.2, 0.25) is 0 Å². The van der Waals surface area contributed by atoms with Crippen molar-refractivity contribution in [1.82, 2.24) is 4.98 Å². The molecule has 90 valence electrons. The summed E-state index contributed by atoms with van der Waals surface area (Å²) in [5.41, 5.74) is 1.89. The van der Waals surface area contributed by atoms with Gasteiger partial charge in [-0.25, -0.2) is 4.98 Å². The minimum atomic E-state index is -0.908. The van der Waals surface area contributed by atoms with Gasteiger partial charge in [0.15, 0.2) is 0 Å². The zero-order valence-electron chi connectivity index (χ0n) is 10.0. The lowest BCUT2D eigenvalue weighted by molar-refractivity contribution is -0.152. The Balaban J connectivity index is 2.24. The molecule has 4 nitrogen and oxygen atoms in total. The molecule has 0 radical (unpaired) electrons. The maximum atomic E-state index is 9.25. The van der Waals surface area contributed by atoms with Gasteiger partial charge < -0.3 is 9.47 Å². The fourth-order valence-corrected chi connectivity index (χ4v) is 2.20. The second-order valence-electron chi connectivity index (χ2n) is 4.33. The molecule has 2 aromatic rings. The van der Waals surface area contributed by atoms with Crippen LogP contribution in [0.1, 0.15) is 18.2 Å². The molecule has 0 aliphatic carbocycles. The third kappa shape index (κ3) is 1.65. The number of benzene rings is 1. The first-order valence-electron chi connectivity index (χ1n) is 5.81. The number of rotatable bonds is 1. The smallest absolute Gasteiger partial charge is 0.210 e. The van der Waals surface area contributed by atoms with E-state index >= 15 is 0 Å². The topological polar surface area (TPSA) is 55.1 Å². The van der Waals surface area contributed by atoms with E-state index in [1.165, 1.54) is 0 Å². The maximum absolute atomic E-state index is 9.25. The molecule has 0 amide bonds. The summed E-state index contributed by atoms with van der Waals surface area (Å²) >= 11 is 0. The average molecular weight is 240 g/mol. The van der Waals surface area contributed by atoms with Gasteiger partial charge in [0.2, 0.25) is 5.79 Å². The van der Waals surface area contributed by atoms with Crippen molar-refractivity contribution in [3.63, 3.8) is 0 Å². The van der Waals surface area contributed by atoms with E-state index in [1.54, 1.807) is 6.92 Å². The quantitative estimate of drug-likeness (QED) is 0.767. The van der Waals surface area contributed by atoms with Crippen molar-refractivity contribution in [3.05, 3.63) is 41.6 Å². The van der Waals surface area contributed by atoms with E-state index in [1.807, 2.05) is 30.3 Å². The molecule has 1 fully saturated rings. The summed E-state index contributed by atoms with van der Waals surface area (Å²) in [5, 5.41) is 10.2. The summed E-state index contributed by atoms with van der Waals surface area (Å²) in [4.78, 5) is 4.53. The third-order valence-corrected chi connectivity index (χ3v) is 3.11. The van der Waals surface area contributed by atoms with Crippen LogP contribution in [0.5, 0.6) is 0 Å². The van der Waals surface area contributed by atoms with Crippen molar-refractivity contribution in [2.75, 3.05) is 13.2 Å². The van der Waals surface area contributed by atoms with Gasteiger partial charge in [0.1, 0.15) is 11.8 Å². The molecule has 1 aromatic carbocycles. The monoisotopic (exact) mass is 240 g/mol. The summed E-state index contributed by atoms with van der Waals surface area (Å²) in [6, 6.07) is 11.7. The Kier molecular flexibility index (Phi) is 2.51. The van der Waals surface area contributed by atoms with Crippen molar-refractivity contribution in [3.8, 4) is 6.07 Å². The molecule has 4 heteroatoms. The van der Waals surface area contributed by atoms with Gasteiger partial charge in [0.05, 0.1) is 24.3 Å². The number of hydrogen-bond donors (Lipinski definition) is 0. The number of fused-ring (bicyclic) bond motifs is 1. The third-order valence-electron chi connectivity index (χ3n) is 3.11. The van der Waals surface area contributed by atoms with Crippen LogP contribution in [-0.2, 0) is 15.3 Å². The number of para-hydroxylation sites is 1. The molecule has 0 atom stereocenters. The van der Waals surface area contributed by atoms with E-state index < -0.39 is 5.79 Å². The molecular formula is C14H12N2O2. The molecule has 1 aliphatic rings. The highest BCUT2D eigenvalue weighted by Gasteiger charge is 2.37. The first kappa shape index (κ1) is 11.1. The van der Waals surface area contributed by atoms with Gasteiger partial charge in [0.25, 0.3) is 0 Å². The van der Waals surface area contributed by atoms with E-state index in [4.69, 9.17) is 9.47 Å². The molecule has 0 saturated carbocycles. The van der Waals surface area contributed by atoms with Gasteiger partial charge in [-0.1, -0.05) is 18.2 Å². The molecule has 3 rings (SSSR count). The van der Waals surface area contributed by atoms with E-state index in [9.17, 15) is 5.26 Å². The molecule has 1 aliphatic heterocycles. The summed E-state index contributed by atoms with van der Waals surface area (Å²) in [7, 11) is 0. The zero-order valence-corrected chi connectivity index (χ0v) is 10.0. The lowest BCUT2D eigenvalue weighted by Gasteiger charge is -2.22. The Bertz CT molecular complexity index is 640. The van der Waals surface area contributed by atoms with Gasteiger partial charge in [-0.3, -0.25) is 0 Å². The fraction of sp³-hybridized carbons (Fsp3) is 0.286. The minimum Gasteiger partial charge on any atom is -0.342 e. The standard InChI is InChI=1S/C14H12N2O2/c1-14(17-6-7-18-14)13-11(9-15)8-10-4-2-3-5-12(10)16-13/h2-5,8H,6-7H2,1H3. The Hall–Kier alpha value is -1.96. The van der Waals surface area contributed by atoms with E-state index in [0.29, 0.717) is 24.5 Å². The zero-order chi connectivity index (χ0) is 12.6. The molecular weight excluding hydrogens is 228 g/mol. The SMILES string of the molecule is CC1(c2nc3ccccc3cc2C#N)OCCO1. The Morgan fingerprint density at radius 3 is 2.72 bits per heavy atom. The van der Waals surface area contributed by atoms with Crippen molar-refractivity contribution in [1.29, 1.82) is 5.26 Å². The van der Waals surface area contributed by atoms with Gasteiger partial charge in [-0.2, -0.15) is 5.26 Å². The van der Waals surface area contributed by atoms with Gasteiger partial charge >= 0.3 is 0 Å². The van der Waals surface area contributed by atoms with Crippen LogP contribution in [0, 0.1) is 11.3 Å². The minimum absolute atomic E-state index is 0.498. The van der Waals surface area contributed by atoms with Crippen LogP contribution in [0.15, 0.2) is 30.3 Å². The van der Waals surface area contributed by atoms with Crippen LogP contribution in [0.25, 0.3) is 10.9 Å². The van der Waals surface area contributed by atoms with Crippen LogP contribution in [-0.4, -0.2) is 18.2 Å². The highest BCUT2D eigenvalue weighted by molar-refractivity contribution is 5.80. The molecule has 1 saturated heterocycles. The largest absolute Gasteiger partial charge is 0.342 e. The summed E-state index contributed by atoms with van der Waals surface area (Å²) < 4.78 is 11.2. The lowest BCUT2D eigenvalue weighted by Crippen LogP contribution is -2.25. The number of ether oxygens (including phenoxy) is 2. The summed E-state index contributed by atoms with van der Waals surface area (Å²) in [6.45, 7) is 2.85. The normalized spacial score (nSPS) is 17.8. The molecule has 0 N–H and O–H groups in total. The van der Waals surface area contributed by atoms with Crippen molar-refractivity contribution >= 4 is 10.9 Å². The number of nitriles is 1. The molecule has 0 bridgehead atoms. The molecule has 18 heavy (non-hydrogen) atoms. The summed E-state index contributed by atoms with van der Waals surface area (Å²) in [5.74, 6) is -0.908. The van der Waals surface area contributed by atoms with Crippen LogP contribution >= 0.6 is 0 Å². The Labute approximate surface area is 105 Å². The lowest BCUT2D eigenvalue weighted by atomic mass is 10.1. The van der Waals surface area contributed by atoms with E-state index in [-0.39, 0.29) is 0 Å². The Morgan fingerprint density at radius 1 is 1.28 bits per heavy atom. The van der Waals surface area contributed by atoms with Gasteiger partial charge in [0, 0.05) is 5.39 Å². The van der Waals surface area contributed by atoms with Gasteiger partial charge in [-0.05, 0) is 19.1 Å². The van der Waals surface area contributed by atoms with Gasteiger partial charge in [-0.15, -0.1) is 0 Å². The van der Waals surface area contributed by atoms with Crippen LogP contribution < -0.4 is 0 Å².